The summed E-state index contributed by atoms with van der Waals surface area (Å²) in [6, 6.07) is 20.4. The highest BCUT2D eigenvalue weighted by Gasteiger charge is 2.53. The first-order valence-electron chi connectivity index (χ1n) is 10.3. The predicted molar refractivity (Wildman–Crippen MR) is 123 cm³/mol. The summed E-state index contributed by atoms with van der Waals surface area (Å²) in [6.45, 7) is 1.95. The molecule has 0 radical (unpaired) electrons. The first kappa shape index (κ1) is 20.5. The van der Waals surface area contributed by atoms with Crippen LogP contribution in [-0.4, -0.2) is 28.8 Å². The van der Waals surface area contributed by atoms with Crippen LogP contribution < -0.4 is 14.4 Å². The molecular formula is C25H21FN2O3S. The lowest BCUT2D eigenvalue weighted by Gasteiger charge is -2.55. The first-order chi connectivity index (χ1) is 15.4. The maximum Gasteiger partial charge on any atom is 0.260 e. The van der Waals surface area contributed by atoms with Crippen molar-refractivity contribution in [3.05, 3.63) is 89.7 Å². The Morgan fingerprint density at radius 2 is 1.78 bits per heavy atom. The van der Waals surface area contributed by atoms with Gasteiger partial charge in [-0.05, 0) is 73.7 Å². The summed E-state index contributed by atoms with van der Waals surface area (Å²) < 4.78 is 25.3. The van der Waals surface area contributed by atoms with Crippen LogP contribution >= 0.6 is 12.2 Å². The zero-order valence-electron chi connectivity index (χ0n) is 17.6. The predicted octanol–water partition coefficient (Wildman–Crippen LogP) is 5.32. The molecule has 2 unspecified atom stereocenters. The Balaban J connectivity index is 1.64. The Kier molecular flexibility index (Phi) is 4.86. The Hall–Kier alpha value is -3.45. The average Bonchev–Trinajstić information content (AvgIpc) is 2.80. The second-order valence-corrected chi connectivity index (χ2v) is 8.40. The molecule has 1 saturated heterocycles. The molecule has 2 aliphatic rings. The van der Waals surface area contributed by atoms with Gasteiger partial charge in [0.15, 0.2) is 10.8 Å². The van der Waals surface area contributed by atoms with E-state index < -0.39 is 5.72 Å². The molecule has 1 fully saturated rings. The van der Waals surface area contributed by atoms with Crippen molar-refractivity contribution in [2.45, 2.75) is 25.1 Å². The monoisotopic (exact) mass is 448 g/mol. The summed E-state index contributed by atoms with van der Waals surface area (Å²) in [5.74, 6) is 0.808. The number of nitrogens with zero attached hydrogens (tertiary/aromatic N) is 2. The fourth-order valence-electron chi connectivity index (χ4n) is 4.48. The summed E-state index contributed by atoms with van der Waals surface area (Å²) in [4.78, 5) is 17.2. The van der Waals surface area contributed by atoms with Gasteiger partial charge in [0, 0.05) is 23.2 Å². The number of methoxy groups -OCH3 is 1. The van der Waals surface area contributed by atoms with Gasteiger partial charge in [0.25, 0.3) is 5.91 Å². The first-order valence-corrected chi connectivity index (χ1v) is 10.7. The quantitative estimate of drug-likeness (QED) is 0.507. The average molecular weight is 449 g/mol. The highest BCUT2D eigenvalue weighted by Crippen LogP contribution is 2.49. The minimum Gasteiger partial charge on any atom is -0.497 e. The van der Waals surface area contributed by atoms with E-state index in [4.69, 9.17) is 21.7 Å². The van der Waals surface area contributed by atoms with E-state index in [0.717, 1.165) is 5.56 Å². The summed E-state index contributed by atoms with van der Waals surface area (Å²) >= 11 is 5.88. The van der Waals surface area contributed by atoms with Crippen molar-refractivity contribution in [1.82, 2.24) is 4.90 Å². The van der Waals surface area contributed by atoms with Crippen molar-refractivity contribution in [3.63, 3.8) is 0 Å². The number of ether oxygens (including phenoxy) is 2. The Bertz CT molecular complexity index is 1200. The van der Waals surface area contributed by atoms with Gasteiger partial charge in [-0.3, -0.25) is 14.6 Å². The van der Waals surface area contributed by atoms with Crippen LogP contribution in [0, 0.1) is 5.82 Å². The van der Waals surface area contributed by atoms with Gasteiger partial charge in [0.05, 0.1) is 13.2 Å². The molecule has 0 aliphatic carbocycles. The van der Waals surface area contributed by atoms with Crippen LogP contribution in [0.2, 0.25) is 0 Å². The number of fused-ring (bicyclic) bond motifs is 4. The van der Waals surface area contributed by atoms with E-state index in [0.29, 0.717) is 34.3 Å². The molecule has 0 aromatic heterocycles. The standard InChI is InChI=1S/C25H21FN2O3S/c1-25-15-21(20-5-3-4-6-22(20)31-25)27(23(29)16-7-13-19(30-2)14-8-16)24(32)28(25)18-11-9-17(26)10-12-18/h3-14,21H,15H2,1-2H3. The van der Waals surface area contributed by atoms with Gasteiger partial charge >= 0.3 is 0 Å². The minimum atomic E-state index is -0.829. The van der Waals surface area contributed by atoms with Crippen molar-refractivity contribution >= 4 is 28.9 Å². The molecular weight excluding hydrogens is 427 g/mol. The zero-order valence-corrected chi connectivity index (χ0v) is 18.4. The molecule has 2 atom stereocenters. The van der Waals surface area contributed by atoms with Crippen LogP contribution in [0.1, 0.15) is 35.3 Å². The van der Waals surface area contributed by atoms with E-state index in [1.807, 2.05) is 31.2 Å². The lowest BCUT2D eigenvalue weighted by Crippen LogP contribution is -2.67. The number of carbonyl (C=O) groups is 1. The van der Waals surface area contributed by atoms with Crippen molar-refractivity contribution in [2.75, 3.05) is 12.0 Å². The van der Waals surface area contributed by atoms with E-state index in [9.17, 15) is 9.18 Å². The van der Waals surface area contributed by atoms with Gasteiger partial charge in [-0.2, -0.15) is 0 Å². The lowest BCUT2D eigenvalue weighted by atomic mass is 9.88. The molecule has 0 saturated carbocycles. The summed E-state index contributed by atoms with van der Waals surface area (Å²) in [5, 5.41) is 0.311. The number of anilines is 1. The molecule has 32 heavy (non-hydrogen) atoms. The van der Waals surface area contributed by atoms with Crippen LogP contribution in [0.25, 0.3) is 0 Å². The second-order valence-electron chi connectivity index (χ2n) is 8.03. The number of rotatable bonds is 3. The minimum absolute atomic E-state index is 0.214. The molecule has 5 rings (SSSR count). The number of hydrogen-bond donors (Lipinski definition) is 0. The van der Waals surface area contributed by atoms with Crippen LogP contribution in [0.5, 0.6) is 11.5 Å². The maximum atomic E-state index is 13.7. The fourth-order valence-corrected chi connectivity index (χ4v) is 4.99. The van der Waals surface area contributed by atoms with E-state index in [1.165, 1.54) is 12.1 Å². The molecule has 0 N–H and O–H groups in total. The Morgan fingerprint density at radius 3 is 2.47 bits per heavy atom. The summed E-state index contributed by atoms with van der Waals surface area (Å²) in [6.07, 6.45) is 0.503. The maximum absolute atomic E-state index is 13.7. The molecule has 162 valence electrons. The number of para-hydroxylation sites is 1. The molecule has 2 aliphatic heterocycles. The molecule has 3 aromatic carbocycles. The van der Waals surface area contributed by atoms with E-state index >= 15 is 0 Å². The molecule has 7 heteroatoms. The zero-order chi connectivity index (χ0) is 22.5. The number of benzene rings is 3. The van der Waals surface area contributed by atoms with Crippen LogP contribution in [0.3, 0.4) is 0 Å². The normalized spacial score (nSPS) is 21.6. The summed E-state index contributed by atoms with van der Waals surface area (Å²) in [5.41, 5.74) is 1.24. The molecule has 2 bridgehead atoms. The highest BCUT2D eigenvalue weighted by molar-refractivity contribution is 7.80. The number of thiocarbonyl (C=S) groups is 1. The number of halogens is 1. The van der Waals surface area contributed by atoms with E-state index in [2.05, 4.69) is 0 Å². The fraction of sp³-hybridized carbons (Fsp3) is 0.200. The van der Waals surface area contributed by atoms with Crippen LogP contribution in [0.4, 0.5) is 10.1 Å². The number of amides is 1. The van der Waals surface area contributed by atoms with Gasteiger partial charge in [-0.1, -0.05) is 18.2 Å². The lowest BCUT2D eigenvalue weighted by molar-refractivity contribution is 0.0184. The molecule has 2 heterocycles. The molecule has 0 spiro atoms. The van der Waals surface area contributed by atoms with Gasteiger partial charge in [0.2, 0.25) is 0 Å². The van der Waals surface area contributed by atoms with Crippen LogP contribution in [0.15, 0.2) is 72.8 Å². The van der Waals surface area contributed by atoms with Crippen LogP contribution in [-0.2, 0) is 0 Å². The van der Waals surface area contributed by atoms with Crippen molar-refractivity contribution < 1.29 is 18.7 Å². The third-order valence-electron chi connectivity index (χ3n) is 6.00. The van der Waals surface area contributed by atoms with Crippen molar-refractivity contribution in [2.24, 2.45) is 0 Å². The largest absolute Gasteiger partial charge is 0.497 e. The number of carbonyl (C=O) groups excluding carboxylic acids is 1. The Morgan fingerprint density at radius 1 is 1.09 bits per heavy atom. The third kappa shape index (κ3) is 3.20. The molecule has 3 aromatic rings. The van der Waals surface area contributed by atoms with Gasteiger partial charge in [0.1, 0.15) is 17.3 Å². The second kappa shape index (κ2) is 7.60. The third-order valence-corrected chi connectivity index (χ3v) is 6.38. The summed E-state index contributed by atoms with van der Waals surface area (Å²) in [7, 11) is 1.58. The van der Waals surface area contributed by atoms with Gasteiger partial charge in [-0.15, -0.1) is 0 Å². The topological polar surface area (TPSA) is 42.0 Å². The number of hydrogen-bond acceptors (Lipinski definition) is 4. The Labute approximate surface area is 191 Å². The van der Waals surface area contributed by atoms with E-state index in [1.54, 1.807) is 53.3 Å². The van der Waals surface area contributed by atoms with Crippen molar-refractivity contribution in [3.8, 4) is 11.5 Å². The highest BCUT2D eigenvalue weighted by atomic mass is 32.1. The SMILES string of the molecule is COc1ccc(C(=O)N2C(=S)N(c3ccc(F)cc3)C3(C)CC2c2ccccc2O3)cc1. The smallest absolute Gasteiger partial charge is 0.260 e. The van der Waals surface area contributed by atoms with Gasteiger partial charge in [-0.25, -0.2) is 4.39 Å². The molecule has 1 amide bonds. The molecule has 5 nitrogen and oxygen atoms in total. The van der Waals surface area contributed by atoms with Crippen molar-refractivity contribution in [1.29, 1.82) is 0 Å². The van der Waals surface area contributed by atoms with Gasteiger partial charge < -0.3 is 9.47 Å². The van der Waals surface area contributed by atoms with E-state index in [-0.39, 0.29) is 17.8 Å².